The van der Waals surface area contributed by atoms with Crippen molar-refractivity contribution in [1.82, 2.24) is 4.98 Å². The number of pyridine rings is 1. The van der Waals surface area contributed by atoms with E-state index in [1.54, 1.807) is 0 Å². The number of nitrogens with zero attached hydrogens (tertiary/aromatic N) is 1. The average molecular weight is 252 g/mol. The van der Waals surface area contributed by atoms with Gasteiger partial charge in [-0.25, -0.2) is 18.2 Å². The highest BCUT2D eigenvalue weighted by molar-refractivity contribution is 6.03. The summed E-state index contributed by atoms with van der Waals surface area (Å²) in [7, 11) is 0. The zero-order valence-corrected chi connectivity index (χ0v) is 8.95. The van der Waals surface area contributed by atoms with Crippen LogP contribution >= 0.6 is 0 Å². The Morgan fingerprint density at radius 2 is 1.89 bits per heavy atom. The molecule has 0 radical (unpaired) electrons. The molecule has 2 aromatic rings. The summed E-state index contributed by atoms with van der Waals surface area (Å²) in [6, 6.07) is 4.93. The van der Waals surface area contributed by atoms with Gasteiger partial charge in [-0.2, -0.15) is 0 Å². The number of hydrogen-bond acceptors (Lipinski definition) is 2. The van der Waals surface area contributed by atoms with Crippen LogP contribution < -0.4 is 5.32 Å². The molecule has 92 valence electrons. The molecule has 18 heavy (non-hydrogen) atoms. The Kier molecular flexibility index (Phi) is 3.27. The van der Waals surface area contributed by atoms with E-state index in [1.165, 1.54) is 12.3 Å². The second kappa shape index (κ2) is 4.87. The predicted molar refractivity (Wildman–Crippen MR) is 58.5 cm³/mol. The van der Waals surface area contributed by atoms with Crippen molar-refractivity contribution >= 4 is 11.6 Å². The first-order valence-electron chi connectivity index (χ1n) is 4.95. The van der Waals surface area contributed by atoms with Crippen LogP contribution in [-0.2, 0) is 0 Å². The van der Waals surface area contributed by atoms with Gasteiger partial charge in [0.15, 0.2) is 11.5 Å². The van der Waals surface area contributed by atoms with E-state index in [0.717, 1.165) is 24.3 Å². The molecular weight excluding hydrogens is 245 g/mol. The number of carbonyl (C=O) groups is 1. The third-order valence-electron chi connectivity index (χ3n) is 2.15. The Hall–Kier alpha value is -2.37. The lowest BCUT2D eigenvalue weighted by Crippen LogP contribution is -2.16. The molecule has 0 aliphatic carbocycles. The van der Waals surface area contributed by atoms with Crippen molar-refractivity contribution in [3.63, 3.8) is 0 Å². The summed E-state index contributed by atoms with van der Waals surface area (Å²) in [6.45, 7) is 0. The summed E-state index contributed by atoms with van der Waals surface area (Å²) in [4.78, 5) is 15.1. The third-order valence-corrected chi connectivity index (χ3v) is 2.15. The monoisotopic (exact) mass is 252 g/mol. The normalized spacial score (nSPS) is 10.2. The molecule has 6 heteroatoms. The number of halogens is 3. The quantitative estimate of drug-likeness (QED) is 0.892. The molecule has 0 saturated heterocycles. The van der Waals surface area contributed by atoms with Crippen LogP contribution in [0.15, 0.2) is 36.5 Å². The van der Waals surface area contributed by atoms with Crippen molar-refractivity contribution < 1.29 is 18.0 Å². The van der Waals surface area contributed by atoms with Gasteiger partial charge in [-0.15, -0.1) is 0 Å². The molecular formula is C12H7F3N2O. The molecule has 2 rings (SSSR count). The fourth-order valence-corrected chi connectivity index (χ4v) is 1.33. The van der Waals surface area contributed by atoms with Gasteiger partial charge in [0, 0.05) is 12.3 Å². The SMILES string of the molecule is O=C(Nc1cc(F)ccc1F)c1ncccc1F. The van der Waals surface area contributed by atoms with Crippen molar-refractivity contribution in [2.24, 2.45) is 0 Å². The lowest BCUT2D eigenvalue weighted by atomic mass is 10.2. The number of aromatic nitrogens is 1. The molecule has 1 heterocycles. The van der Waals surface area contributed by atoms with Gasteiger partial charge >= 0.3 is 0 Å². The van der Waals surface area contributed by atoms with Crippen LogP contribution in [0.2, 0.25) is 0 Å². The van der Waals surface area contributed by atoms with Crippen LogP contribution in [0.25, 0.3) is 0 Å². The summed E-state index contributed by atoms with van der Waals surface area (Å²) >= 11 is 0. The summed E-state index contributed by atoms with van der Waals surface area (Å²) in [6.07, 6.45) is 1.22. The molecule has 1 N–H and O–H groups in total. The second-order valence-electron chi connectivity index (χ2n) is 3.41. The Labute approximate surface area is 100 Å². The van der Waals surface area contributed by atoms with E-state index in [-0.39, 0.29) is 5.69 Å². The largest absolute Gasteiger partial charge is 0.318 e. The van der Waals surface area contributed by atoms with E-state index >= 15 is 0 Å². The van der Waals surface area contributed by atoms with Crippen LogP contribution in [0.4, 0.5) is 18.9 Å². The maximum atomic E-state index is 13.3. The number of hydrogen-bond donors (Lipinski definition) is 1. The van der Waals surface area contributed by atoms with Crippen molar-refractivity contribution in [3.8, 4) is 0 Å². The Bertz CT molecular complexity index is 602. The highest BCUT2D eigenvalue weighted by atomic mass is 19.1. The molecule has 0 spiro atoms. The van der Waals surface area contributed by atoms with Crippen molar-refractivity contribution in [2.75, 3.05) is 5.32 Å². The Morgan fingerprint density at radius 1 is 1.11 bits per heavy atom. The van der Waals surface area contributed by atoms with Crippen LogP contribution in [0.3, 0.4) is 0 Å². The first-order chi connectivity index (χ1) is 8.58. The minimum atomic E-state index is -0.947. The highest BCUT2D eigenvalue weighted by Crippen LogP contribution is 2.16. The minimum Gasteiger partial charge on any atom is -0.318 e. The first-order valence-corrected chi connectivity index (χ1v) is 4.95. The number of nitrogens with one attached hydrogen (secondary N) is 1. The summed E-state index contributed by atoms with van der Waals surface area (Å²) in [5.41, 5.74) is -0.855. The Balaban J connectivity index is 2.27. The van der Waals surface area contributed by atoms with Crippen LogP contribution in [0.1, 0.15) is 10.5 Å². The van der Waals surface area contributed by atoms with Gasteiger partial charge in [-0.3, -0.25) is 4.79 Å². The smallest absolute Gasteiger partial charge is 0.277 e. The maximum absolute atomic E-state index is 13.3. The van der Waals surface area contributed by atoms with Crippen LogP contribution in [0.5, 0.6) is 0 Å². The maximum Gasteiger partial charge on any atom is 0.277 e. The lowest BCUT2D eigenvalue weighted by Gasteiger charge is -2.06. The van der Waals surface area contributed by atoms with Crippen LogP contribution in [-0.4, -0.2) is 10.9 Å². The first kappa shape index (κ1) is 12.1. The van der Waals surface area contributed by atoms with Gasteiger partial charge in [0.1, 0.15) is 11.6 Å². The Morgan fingerprint density at radius 3 is 2.61 bits per heavy atom. The fraction of sp³-hybridized carbons (Fsp3) is 0. The van der Waals surface area contributed by atoms with Gasteiger partial charge in [-0.1, -0.05) is 0 Å². The molecule has 0 aliphatic rings. The van der Waals surface area contributed by atoms with Crippen molar-refractivity contribution in [1.29, 1.82) is 0 Å². The van der Waals surface area contributed by atoms with Crippen LogP contribution in [0, 0.1) is 17.5 Å². The average Bonchev–Trinajstić information content (AvgIpc) is 2.34. The number of carbonyl (C=O) groups excluding carboxylic acids is 1. The summed E-state index contributed by atoms with van der Waals surface area (Å²) in [5.74, 6) is -3.32. The van der Waals surface area contributed by atoms with Gasteiger partial charge < -0.3 is 5.32 Å². The lowest BCUT2D eigenvalue weighted by molar-refractivity contribution is 0.101. The molecule has 1 amide bonds. The van der Waals surface area contributed by atoms with Crippen molar-refractivity contribution in [3.05, 3.63) is 59.7 Å². The molecule has 0 fully saturated rings. The van der Waals surface area contributed by atoms with E-state index in [4.69, 9.17) is 0 Å². The second-order valence-corrected chi connectivity index (χ2v) is 3.41. The van der Waals surface area contributed by atoms with E-state index in [0.29, 0.717) is 0 Å². The molecule has 0 saturated carbocycles. The molecule has 3 nitrogen and oxygen atoms in total. The van der Waals surface area contributed by atoms with E-state index in [9.17, 15) is 18.0 Å². The van der Waals surface area contributed by atoms with E-state index in [1.807, 2.05) is 0 Å². The summed E-state index contributed by atoms with van der Waals surface area (Å²) in [5, 5.41) is 2.05. The molecule has 0 aliphatic heterocycles. The third kappa shape index (κ3) is 2.48. The van der Waals surface area contributed by atoms with E-state index < -0.39 is 29.1 Å². The minimum absolute atomic E-state index is 0.370. The molecule has 0 atom stereocenters. The van der Waals surface area contributed by atoms with Gasteiger partial charge in [-0.05, 0) is 24.3 Å². The number of rotatable bonds is 2. The number of anilines is 1. The number of amides is 1. The van der Waals surface area contributed by atoms with E-state index in [2.05, 4.69) is 10.3 Å². The molecule has 1 aromatic carbocycles. The highest BCUT2D eigenvalue weighted by Gasteiger charge is 2.15. The molecule has 0 bridgehead atoms. The summed E-state index contributed by atoms with van der Waals surface area (Å²) < 4.78 is 39.4. The zero-order valence-electron chi connectivity index (χ0n) is 8.95. The molecule has 1 aromatic heterocycles. The van der Waals surface area contributed by atoms with Gasteiger partial charge in [0.25, 0.3) is 5.91 Å². The molecule has 0 unspecified atom stereocenters. The predicted octanol–water partition coefficient (Wildman–Crippen LogP) is 2.75. The standard InChI is InChI=1S/C12H7F3N2O/c13-7-3-4-8(14)10(6-7)17-12(18)11-9(15)2-1-5-16-11/h1-6H,(H,17,18). The van der Waals surface area contributed by atoms with Crippen molar-refractivity contribution in [2.45, 2.75) is 0 Å². The fourth-order valence-electron chi connectivity index (χ4n) is 1.33. The number of benzene rings is 1. The van der Waals surface area contributed by atoms with Gasteiger partial charge in [0.05, 0.1) is 5.69 Å². The zero-order chi connectivity index (χ0) is 13.1. The van der Waals surface area contributed by atoms with Gasteiger partial charge in [0.2, 0.25) is 0 Å². The topological polar surface area (TPSA) is 42.0 Å².